The third kappa shape index (κ3) is 3.60. The van der Waals surface area contributed by atoms with Gasteiger partial charge in [-0.15, -0.1) is 15.3 Å². The molecular formula is C19H23N7O. The number of piperidine rings is 1. The number of rotatable bonds is 4. The van der Waals surface area contributed by atoms with Gasteiger partial charge in [0.05, 0.1) is 17.8 Å². The maximum Gasteiger partial charge on any atom is 0.229 e. The predicted molar refractivity (Wildman–Crippen MR) is 103 cm³/mol. The Morgan fingerprint density at radius 1 is 1.26 bits per heavy atom. The molecule has 4 rings (SSSR count). The van der Waals surface area contributed by atoms with E-state index >= 15 is 0 Å². The van der Waals surface area contributed by atoms with Crippen LogP contribution < -0.4 is 10.2 Å². The fourth-order valence-corrected chi connectivity index (χ4v) is 3.40. The molecule has 3 aromatic rings. The van der Waals surface area contributed by atoms with E-state index in [1.165, 1.54) is 0 Å². The molecule has 1 amide bonds. The van der Waals surface area contributed by atoms with Crippen molar-refractivity contribution >= 4 is 23.1 Å². The zero-order valence-electron chi connectivity index (χ0n) is 15.5. The first kappa shape index (κ1) is 17.4. The smallest absolute Gasteiger partial charge is 0.229 e. The van der Waals surface area contributed by atoms with E-state index in [9.17, 15) is 4.79 Å². The van der Waals surface area contributed by atoms with Gasteiger partial charge in [0.15, 0.2) is 11.5 Å². The van der Waals surface area contributed by atoms with Gasteiger partial charge in [-0.1, -0.05) is 13.8 Å². The predicted octanol–water partition coefficient (Wildman–Crippen LogP) is 2.50. The molecule has 3 aromatic heterocycles. The van der Waals surface area contributed by atoms with E-state index in [0.717, 1.165) is 42.4 Å². The Kier molecular flexibility index (Phi) is 4.70. The lowest BCUT2D eigenvalue weighted by Gasteiger charge is -2.32. The Morgan fingerprint density at radius 3 is 2.93 bits per heavy atom. The zero-order valence-corrected chi connectivity index (χ0v) is 15.5. The molecule has 4 heterocycles. The van der Waals surface area contributed by atoms with E-state index in [4.69, 9.17) is 5.10 Å². The van der Waals surface area contributed by atoms with E-state index in [-0.39, 0.29) is 17.7 Å². The molecule has 0 aliphatic carbocycles. The van der Waals surface area contributed by atoms with E-state index in [2.05, 4.69) is 39.2 Å². The van der Waals surface area contributed by atoms with E-state index < -0.39 is 0 Å². The van der Waals surface area contributed by atoms with Gasteiger partial charge in [0, 0.05) is 25.2 Å². The molecule has 0 saturated carbocycles. The molecule has 0 radical (unpaired) electrons. The van der Waals surface area contributed by atoms with Crippen molar-refractivity contribution in [2.24, 2.45) is 5.92 Å². The van der Waals surface area contributed by atoms with Gasteiger partial charge in [0.25, 0.3) is 0 Å². The number of fused-ring (bicyclic) bond motifs is 1. The number of carbonyl (C=O) groups excluding carboxylic acids is 1. The molecule has 27 heavy (non-hydrogen) atoms. The van der Waals surface area contributed by atoms with Gasteiger partial charge in [-0.2, -0.15) is 4.52 Å². The molecule has 0 bridgehead atoms. The van der Waals surface area contributed by atoms with Crippen molar-refractivity contribution in [3.05, 3.63) is 42.5 Å². The number of amides is 1. The lowest BCUT2D eigenvalue weighted by Crippen LogP contribution is -2.41. The van der Waals surface area contributed by atoms with Gasteiger partial charge in [-0.25, -0.2) is 0 Å². The molecule has 1 N–H and O–H groups in total. The van der Waals surface area contributed by atoms with Crippen molar-refractivity contribution in [3.63, 3.8) is 0 Å². The average molecular weight is 365 g/mol. The van der Waals surface area contributed by atoms with Gasteiger partial charge >= 0.3 is 0 Å². The van der Waals surface area contributed by atoms with Crippen molar-refractivity contribution in [1.82, 2.24) is 24.8 Å². The minimum atomic E-state index is -0.0815. The Balaban J connectivity index is 1.51. The van der Waals surface area contributed by atoms with Gasteiger partial charge in [-0.05, 0) is 37.1 Å². The summed E-state index contributed by atoms with van der Waals surface area (Å²) in [5.74, 6) is 1.88. The molecule has 1 aliphatic rings. The molecule has 1 aliphatic heterocycles. The number of pyridine rings is 1. The third-order valence-electron chi connectivity index (χ3n) is 4.83. The standard InChI is InChI=1S/C19H23N7O/c1-13(2)18-23-22-16-7-8-17(24-26(16)18)25-10-4-5-14(12-25)19(27)21-15-6-3-9-20-11-15/h3,6-9,11,13-14H,4-5,10,12H2,1-2H3,(H,21,27). The van der Waals surface area contributed by atoms with Crippen molar-refractivity contribution in [2.75, 3.05) is 23.3 Å². The van der Waals surface area contributed by atoms with Crippen LogP contribution in [0.15, 0.2) is 36.7 Å². The van der Waals surface area contributed by atoms with Gasteiger partial charge in [-0.3, -0.25) is 9.78 Å². The van der Waals surface area contributed by atoms with Crippen molar-refractivity contribution in [3.8, 4) is 0 Å². The summed E-state index contributed by atoms with van der Waals surface area (Å²) in [7, 11) is 0. The number of nitrogens with one attached hydrogen (secondary N) is 1. The highest BCUT2D eigenvalue weighted by atomic mass is 16.1. The fraction of sp³-hybridized carbons (Fsp3) is 0.421. The van der Waals surface area contributed by atoms with Crippen LogP contribution in [-0.2, 0) is 4.79 Å². The van der Waals surface area contributed by atoms with Crippen LogP contribution in [0.3, 0.4) is 0 Å². The molecule has 1 fully saturated rings. The summed E-state index contributed by atoms with van der Waals surface area (Å²) in [5, 5.41) is 16.1. The van der Waals surface area contributed by atoms with E-state index in [1.807, 2.05) is 24.3 Å². The minimum absolute atomic E-state index is 0.0287. The summed E-state index contributed by atoms with van der Waals surface area (Å²) >= 11 is 0. The maximum atomic E-state index is 12.6. The average Bonchev–Trinajstić information content (AvgIpc) is 3.12. The molecule has 8 heteroatoms. The summed E-state index contributed by atoms with van der Waals surface area (Å²) in [4.78, 5) is 18.9. The van der Waals surface area contributed by atoms with Crippen LogP contribution in [0.25, 0.3) is 5.65 Å². The summed E-state index contributed by atoms with van der Waals surface area (Å²) in [6.07, 6.45) is 5.17. The van der Waals surface area contributed by atoms with Crippen molar-refractivity contribution < 1.29 is 4.79 Å². The largest absolute Gasteiger partial charge is 0.354 e. The second-order valence-electron chi connectivity index (χ2n) is 7.19. The lowest BCUT2D eigenvalue weighted by molar-refractivity contribution is -0.120. The molecule has 140 valence electrons. The van der Waals surface area contributed by atoms with Crippen molar-refractivity contribution in [2.45, 2.75) is 32.6 Å². The number of nitrogens with zero attached hydrogens (tertiary/aromatic N) is 6. The Bertz CT molecular complexity index is 938. The van der Waals surface area contributed by atoms with Crippen LogP contribution in [0.2, 0.25) is 0 Å². The van der Waals surface area contributed by atoms with E-state index in [0.29, 0.717) is 6.54 Å². The summed E-state index contributed by atoms with van der Waals surface area (Å²) in [6.45, 7) is 5.67. The highest BCUT2D eigenvalue weighted by molar-refractivity contribution is 5.92. The second kappa shape index (κ2) is 7.30. The van der Waals surface area contributed by atoms with E-state index in [1.54, 1.807) is 16.9 Å². The number of carbonyl (C=O) groups is 1. The first-order valence-corrected chi connectivity index (χ1v) is 9.30. The first-order valence-electron chi connectivity index (χ1n) is 9.30. The molecule has 0 aromatic carbocycles. The Hall–Kier alpha value is -3.03. The molecule has 1 atom stereocenters. The summed E-state index contributed by atoms with van der Waals surface area (Å²) in [6, 6.07) is 7.55. The summed E-state index contributed by atoms with van der Waals surface area (Å²) < 4.78 is 1.80. The molecule has 1 saturated heterocycles. The monoisotopic (exact) mass is 365 g/mol. The molecule has 1 unspecified atom stereocenters. The van der Waals surface area contributed by atoms with Crippen molar-refractivity contribution in [1.29, 1.82) is 0 Å². The van der Waals surface area contributed by atoms with Gasteiger partial charge < -0.3 is 10.2 Å². The highest BCUT2D eigenvalue weighted by Crippen LogP contribution is 2.24. The molecule has 0 spiro atoms. The zero-order chi connectivity index (χ0) is 18.8. The molecular weight excluding hydrogens is 342 g/mol. The normalized spacial score (nSPS) is 17.4. The maximum absolute atomic E-state index is 12.6. The fourth-order valence-electron chi connectivity index (χ4n) is 3.40. The number of anilines is 2. The number of aromatic nitrogens is 5. The third-order valence-corrected chi connectivity index (χ3v) is 4.83. The number of hydrogen-bond donors (Lipinski definition) is 1. The SMILES string of the molecule is CC(C)c1nnc2ccc(N3CCCC(C(=O)Nc4cccnc4)C3)nn12. The highest BCUT2D eigenvalue weighted by Gasteiger charge is 2.27. The van der Waals surface area contributed by atoms with Crippen LogP contribution >= 0.6 is 0 Å². The Morgan fingerprint density at radius 2 is 2.15 bits per heavy atom. The van der Waals surface area contributed by atoms with Gasteiger partial charge in [0.1, 0.15) is 5.82 Å². The quantitative estimate of drug-likeness (QED) is 0.764. The lowest BCUT2D eigenvalue weighted by atomic mass is 9.97. The van der Waals surface area contributed by atoms with Crippen LogP contribution in [0, 0.1) is 5.92 Å². The van der Waals surface area contributed by atoms with Gasteiger partial charge in [0.2, 0.25) is 5.91 Å². The molecule has 8 nitrogen and oxygen atoms in total. The number of hydrogen-bond acceptors (Lipinski definition) is 6. The van der Waals surface area contributed by atoms with Crippen LogP contribution in [0.1, 0.15) is 38.4 Å². The topological polar surface area (TPSA) is 88.3 Å². The van der Waals surface area contributed by atoms with Crippen LogP contribution in [0.4, 0.5) is 11.5 Å². The second-order valence-corrected chi connectivity index (χ2v) is 7.19. The first-order chi connectivity index (χ1) is 13.1. The Labute approximate surface area is 157 Å². The van der Waals surface area contributed by atoms with Crippen LogP contribution in [-0.4, -0.2) is 43.8 Å². The minimum Gasteiger partial charge on any atom is -0.354 e. The summed E-state index contributed by atoms with van der Waals surface area (Å²) in [5.41, 5.74) is 1.47. The van der Waals surface area contributed by atoms with Crippen LogP contribution in [0.5, 0.6) is 0 Å².